The summed E-state index contributed by atoms with van der Waals surface area (Å²) in [5, 5.41) is 9.27. The monoisotopic (exact) mass is 217 g/mol. The lowest BCUT2D eigenvalue weighted by Gasteiger charge is -2.06. The molecular weight excluding hydrogens is 206 g/mol. The molecule has 0 aromatic heterocycles. The van der Waals surface area contributed by atoms with E-state index in [-0.39, 0.29) is 5.75 Å². The van der Waals surface area contributed by atoms with Crippen molar-refractivity contribution in [2.24, 2.45) is 5.90 Å². The molecule has 0 radical (unpaired) electrons. The molecule has 82 valence electrons. The molecule has 0 bridgehead atoms. The van der Waals surface area contributed by atoms with Crippen molar-refractivity contribution in [3.05, 3.63) is 48.5 Å². The van der Waals surface area contributed by atoms with Crippen LogP contribution in [0, 0.1) is 0 Å². The van der Waals surface area contributed by atoms with Crippen LogP contribution < -0.4 is 15.5 Å². The molecule has 2 rings (SSSR count). The summed E-state index contributed by atoms with van der Waals surface area (Å²) in [6.45, 7) is 0. The molecule has 4 heteroatoms. The summed E-state index contributed by atoms with van der Waals surface area (Å²) in [4.78, 5) is 4.59. The lowest BCUT2D eigenvalue weighted by Crippen LogP contribution is -2.01. The first-order chi connectivity index (χ1) is 7.78. The van der Waals surface area contributed by atoms with E-state index in [4.69, 9.17) is 10.6 Å². The molecular formula is C12H11NO3. The van der Waals surface area contributed by atoms with Gasteiger partial charge >= 0.3 is 0 Å². The van der Waals surface area contributed by atoms with Crippen LogP contribution in [0.3, 0.4) is 0 Å². The van der Waals surface area contributed by atoms with Gasteiger partial charge in [-0.1, -0.05) is 12.1 Å². The maximum atomic E-state index is 9.27. The van der Waals surface area contributed by atoms with Crippen molar-refractivity contribution in [2.45, 2.75) is 0 Å². The minimum atomic E-state index is 0.156. The van der Waals surface area contributed by atoms with Crippen LogP contribution in [0.5, 0.6) is 23.0 Å². The summed E-state index contributed by atoms with van der Waals surface area (Å²) in [6, 6.07) is 13.5. The first-order valence-corrected chi connectivity index (χ1v) is 4.71. The molecule has 0 amide bonds. The highest BCUT2D eigenvalue weighted by Gasteiger charge is 2.00. The third-order valence-corrected chi connectivity index (χ3v) is 1.99. The number of ether oxygens (including phenoxy) is 1. The van der Waals surface area contributed by atoms with Crippen molar-refractivity contribution in [3.8, 4) is 23.0 Å². The molecule has 2 aromatic carbocycles. The molecule has 2 aromatic rings. The van der Waals surface area contributed by atoms with Crippen LogP contribution >= 0.6 is 0 Å². The van der Waals surface area contributed by atoms with Crippen LogP contribution in [0.1, 0.15) is 0 Å². The Morgan fingerprint density at radius 1 is 0.875 bits per heavy atom. The van der Waals surface area contributed by atoms with E-state index in [2.05, 4.69) is 4.84 Å². The van der Waals surface area contributed by atoms with Gasteiger partial charge in [0.2, 0.25) is 0 Å². The SMILES string of the molecule is NOc1cccc(Oc2cccc(O)c2)c1. The molecule has 0 aliphatic carbocycles. The molecule has 16 heavy (non-hydrogen) atoms. The Morgan fingerprint density at radius 2 is 1.50 bits per heavy atom. The average Bonchev–Trinajstić information content (AvgIpc) is 2.29. The van der Waals surface area contributed by atoms with Gasteiger partial charge in [-0.05, 0) is 24.3 Å². The maximum Gasteiger partial charge on any atom is 0.150 e. The van der Waals surface area contributed by atoms with Gasteiger partial charge in [0, 0.05) is 12.1 Å². The van der Waals surface area contributed by atoms with Gasteiger partial charge in [-0.15, -0.1) is 0 Å². The van der Waals surface area contributed by atoms with Gasteiger partial charge in [0.15, 0.2) is 5.75 Å². The van der Waals surface area contributed by atoms with E-state index >= 15 is 0 Å². The number of phenols is 1. The van der Waals surface area contributed by atoms with Crippen LogP contribution in [0.25, 0.3) is 0 Å². The topological polar surface area (TPSA) is 64.7 Å². The Kier molecular flexibility index (Phi) is 2.93. The van der Waals surface area contributed by atoms with Gasteiger partial charge in [-0.3, -0.25) is 0 Å². The molecule has 0 aliphatic heterocycles. The zero-order chi connectivity index (χ0) is 11.4. The zero-order valence-electron chi connectivity index (χ0n) is 8.46. The predicted molar refractivity (Wildman–Crippen MR) is 59.4 cm³/mol. The first kappa shape index (κ1) is 10.3. The fourth-order valence-corrected chi connectivity index (χ4v) is 1.29. The Balaban J connectivity index is 2.20. The third kappa shape index (κ3) is 2.43. The van der Waals surface area contributed by atoms with Crippen molar-refractivity contribution < 1.29 is 14.7 Å². The van der Waals surface area contributed by atoms with Crippen molar-refractivity contribution >= 4 is 0 Å². The van der Waals surface area contributed by atoms with Gasteiger partial charge in [0.1, 0.15) is 17.2 Å². The molecule has 3 N–H and O–H groups in total. The van der Waals surface area contributed by atoms with E-state index in [1.54, 1.807) is 42.5 Å². The third-order valence-electron chi connectivity index (χ3n) is 1.99. The van der Waals surface area contributed by atoms with Crippen molar-refractivity contribution in [2.75, 3.05) is 0 Å². The summed E-state index contributed by atoms with van der Waals surface area (Å²) in [7, 11) is 0. The normalized spacial score (nSPS) is 9.81. The van der Waals surface area contributed by atoms with Gasteiger partial charge in [-0.25, -0.2) is 0 Å². The van der Waals surface area contributed by atoms with E-state index in [0.717, 1.165) is 0 Å². The number of hydrogen-bond donors (Lipinski definition) is 2. The van der Waals surface area contributed by atoms with Crippen LogP contribution in [-0.4, -0.2) is 5.11 Å². The van der Waals surface area contributed by atoms with Crippen LogP contribution in [-0.2, 0) is 0 Å². The van der Waals surface area contributed by atoms with Gasteiger partial charge in [0.25, 0.3) is 0 Å². The zero-order valence-corrected chi connectivity index (χ0v) is 8.46. The van der Waals surface area contributed by atoms with Gasteiger partial charge in [0.05, 0.1) is 0 Å². The molecule has 0 aliphatic rings. The maximum absolute atomic E-state index is 9.27. The summed E-state index contributed by atoms with van der Waals surface area (Å²) < 4.78 is 5.51. The predicted octanol–water partition coefficient (Wildman–Crippen LogP) is 2.44. The van der Waals surface area contributed by atoms with E-state index in [1.165, 1.54) is 6.07 Å². The Morgan fingerprint density at radius 3 is 2.19 bits per heavy atom. The van der Waals surface area contributed by atoms with Crippen LogP contribution in [0.4, 0.5) is 0 Å². The Bertz CT molecular complexity index is 485. The lowest BCUT2D eigenvalue weighted by atomic mass is 10.3. The summed E-state index contributed by atoms with van der Waals surface area (Å²) >= 11 is 0. The number of nitrogens with two attached hydrogens (primary N) is 1. The highest BCUT2D eigenvalue weighted by atomic mass is 16.6. The second-order valence-corrected chi connectivity index (χ2v) is 3.19. The summed E-state index contributed by atoms with van der Waals surface area (Å²) in [5.74, 6) is 6.85. The average molecular weight is 217 g/mol. The van der Waals surface area contributed by atoms with E-state index in [9.17, 15) is 5.11 Å². The number of benzene rings is 2. The van der Waals surface area contributed by atoms with Crippen LogP contribution in [0.15, 0.2) is 48.5 Å². The van der Waals surface area contributed by atoms with E-state index in [1.807, 2.05) is 0 Å². The Labute approximate surface area is 92.8 Å². The standard InChI is InChI=1S/C12H11NO3/c13-16-12-6-2-5-11(8-12)15-10-4-1-3-9(14)7-10/h1-8,14H,13H2. The molecule has 0 saturated carbocycles. The fourth-order valence-electron chi connectivity index (χ4n) is 1.29. The smallest absolute Gasteiger partial charge is 0.150 e. The molecule has 0 atom stereocenters. The number of phenolic OH excluding ortho intramolecular Hbond substituents is 1. The molecule has 4 nitrogen and oxygen atoms in total. The quantitative estimate of drug-likeness (QED) is 0.775. The Hall–Kier alpha value is -2.20. The fraction of sp³-hybridized carbons (Fsp3) is 0. The van der Waals surface area contributed by atoms with Crippen molar-refractivity contribution in [1.29, 1.82) is 0 Å². The van der Waals surface area contributed by atoms with Crippen LogP contribution in [0.2, 0.25) is 0 Å². The highest BCUT2D eigenvalue weighted by molar-refractivity contribution is 5.38. The van der Waals surface area contributed by atoms with Crippen molar-refractivity contribution in [3.63, 3.8) is 0 Å². The van der Waals surface area contributed by atoms with Gasteiger partial charge in [-0.2, -0.15) is 5.90 Å². The molecule has 0 spiro atoms. The minimum Gasteiger partial charge on any atom is -0.508 e. The second kappa shape index (κ2) is 4.55. The molecule has 0 saturated heterocycles. The summed E-state index contributed by atoms with van der Waals surface area (Å²) in [6.07, 6.45) is 0. The van der Waals surface area contributed by atoms with E-state index in [0.29, 0.717) is 17.2 Å². The number of rotatable bonds is 3. The van der Waals surface area contributed by atoms with Crippen molar-refractivity contribution in [1.82, 2.24) is 0 Å². The first-order valence-electron chi connectivity index (χ1n) is 4.71. The number of aromatic hydroxyl groups is 1. The highest BCUT2D eigenvalue weighted by Crippen LogP contribution is 2.26. The summed E-state index contributed by atoms with van der Waals surface area (Å²) in [5.41, 5.74) is 0. The number of hydrogen-bond acceptors (Lipinski definition) is 4. The second-order valence-electron chi connectivity index (χ2n) is 3.19. The lowest BCUT2D eigenvalue weighted by molar-refractivity contribution is 0.332. The molecule has 0 heterocycles. The van der Waals surface area contributed by atoms with E-state index < -0.39 is 0 Å². The minimum absolute atomic E-state index is 0.156. The largest absolute Gasteiger partial charge is 0.508 e. The molecule has 0 unspecified atom stereocenters. The molecule has 0 fully saturated rings. The van der Waals surface area contributed by atoms with Gasteiger partial charge < -0.3 is 14.7 Å².